The van der Waals surface area contributed by atoms with Crippen LogP contribution < -0.4 is 5.73 Å². The normalized spacial score (nSPS) is 26.9. The van der Waals surface area contributed by atoms with E-state index in [0.29, 0.717) is 19.6 Å². The first kappa shape index (κ1) is 14.7. The first-order valence-electron chi connectivity index (χ1n) is 6.48. The predicted octanol–water partition coefficient (Wildman–Crippen LogP) is 1.45. The SMILES string of the molecule is CCn1nc(C)c(Br)c1CC(=O)C1(C)COCC1N. The number of nitrogens with zero attached hydrogens (tertiary/aromatic N) is 2. The smallest absolute Gasteiger partial charge is 0.148 e. The van der Waals surface area contributed by atoms with Crippen molar-refractivity contribution in [1.82, 2.24) is 9.78 Å². The molecule has 0 radical (unpaired) electrons. The van der Waals surface area contributed by atoms with E-state index >= 15 is 0 Å². The lowest BCUT2D eigenvalue weighted by atomic mass is 9.79. The Balaban J connectivity index is 2.24. The van der Waals surface area contributed by atoms with Gasteiger partial charge in [0, 0.05) is 12.6 Å². The van der Waals surface area contributed by atoms with Crippen LogP contribution in [0, 0.1) is 12.3 Å². The van der Waals surface area contributed by atoms with Crippen molar-refractivity contribution in [2.24, 2.45) is 11.1 Å². The van der Waals surface area contributed by atoms with Crippen LogP contribution in [0.3, 0.4) is 0 Å². The van der Waals surface area contributed by atoms with E-state index in [2.05, 4.69) is 21.0 Å². The number of hydrogen-bond donors (Lipinski definition) is 1. The van der Waals surface area contributed by atoms with Crippen LogP contribution in [0.2, 0.25) is 0 Å². The summed E-state index contributed by atoms with van der Waals surface area (Å²) in [5.74, 6) is 0.118. The van der Waals surface area contributed by atoms with E-state index in [9.17, 15) is 4.79 Å². The largest absolute Gasteiger partial charge is 0.379 e. The Morgan fingerprint density at radius 2 is 2.37 bits per heavy atom. The molecule has 106 valence electrons. The minimum atomic E-state index is -0.587. The number of rotatable bonds is 4. The number of halogens is 1. The van der Waals surface area contributed by atoms with Gasteiger partial charge < -0.3 is 10.5 Å². The van der Waals surface area contributed by atoms with Crippen LogP contribution in [0.15, 0.2) is 4.47 Å². The van der Waals surface area contributed by atoms with E-state index in [-0.39, 0.29) is 11.8 Å². The molecule has 0 saturated carbocycles. The summed E-state index contributed by atoms with van der Waals surface area (Å²) in [6, 6.07) is -0.224. The van der Waals surface area contributed by atoms with Crippen molar-refractivity contribution in [3.05, 3.63) is 15.9 Å². The number of ether oxygens (including phenoxy) is 1. The van der Waals surface area contributed by atoms with E-state index < -0.39 is 5.41 Å². The van der Waals surface area contributed by atoms with Crippen LogP contribution in [0.5, 0.6) is 0 Å². The summed E-state index contributed by atoms with van der Waals surface area (Å²) in [6.07, 6.45) is 0.336. The summed E-state index contributed by atoms with van der Waals surface area (Å²) in [5.41, 5.74) is 7.24. The van der Waals surface area contributed by atoms with E-state index in [1.165, 1.54) is 0 Å². The molecule has 1 fully saturated rings. The van der Waals surface area contributed by atoms with Gasteiger partial charge in [-0.05, 0) is 36.7 Å². The molecule has 0 bridgehead atoms. The van der Waals surface area contributed by atoms with Crippen molar-refractivity contribution < 1.29 is 9.53 Å². The molecule has 19 heavy (non-hydrogen) atoms. The Morgan fingerprint density at radius 1 is 1.68 bits per heavy atom. The molecule has 2 unspecified atom stereocenters. The Labute approximate surface area is 121 Å². The molecule has 1 aliphatic rings. The Morgan fingerprint density at radius 3 is 2.89 bits per heavy atom. The number of aromatic nitrogens is 2. The van der Waals surface area contributed by atoms with Gasteiger partial charge in [0.1, 0.15) is 5.78 Å². The third kappa shape index (κ3) is 2.49. The van der Waals surface area contributed by atoms with Gasteiger partial charge >= 0.3 is 0 Å². The third-order valence-corrected chi connectivity index (χ3v) is 4.97. The van der Waals surface area contributed by atoms with E-state index in [0.717, 1.165) is 22.4 Å². The van der Waals surface area contributed by atoms with Crippen LogP contribution >= 0.6 is 15.9 Å². The van der Waals surface area contributed by atoms with Gasteiger partial charge in [0.15, 0.2) is 0 Å². The topological polar surface area (TPSA) is 70.1 Å². The van der Waals surface area contributed by atoms with Crippen LogP contribution in [0.1, 0.15) is 25.2 Å². The molecule has 2 N–H and O–H groups in total. The quantitative estimate of drug-likeness (QED) is 0.907. The Bertz CT molecular complexity index is 500. The van der Waals surface area contributed by atoms with Gasteiger partial charge in [-0.1, -0.05) is 0 Å². The van der Waals surface area contributed by atoms with Gasteiger partial charge in [-0.15, -0.1) is 0 Å². The fourth-order valence-electron chi connectivity index (χ4n) is 2.37. The maximum Gasteiger partial charge on any atom is 0.148 e. The average Bonchev–Trinajstić information content (AvgIpc) is 2.85. The summed E-state index contributed by atoms with van der Waals surface area (Å²) in [7, 11) is 0. The maximum atomic E-state index is 12.6. The molecular weight excluding hydrogens is 310 g/mol. The number of Topliss-reactive ketones (excluding diaryl/α,β-unsaturated/α-hetero) is 1. The first-order chi connectivity index (χ1) is 8.90. The minimum Gasteiger partial charge on any atom is -0.379 e. The summed E-state index contributed by atoms with van der Waals surface area (Å²) in [6.45, 7) is 7.43. The monoisotopic (exact) mass is 329 g/mol. The highest BCUT2D eigenvalue weighted by molar-refractivity contribution is 9.10. The molecule has 1 aromatic rings. The van der Waals surface area contributed by atoms with Crippen molar-refractivity contribution in [3.63, 3.8) is 0 Å². The predicted molar refractivity (Wildman–Crippen MR) is 76.0 cm³/mol. The van der Waals surface area contributed by atoms with E-state index in [1.807, 2.05) is 25.5 Å². The Hall–Kier alpha value is -0.720. The highest BCUT2D eigenvalue weighted by Gasteiger charge is 2.44. The molecule has 0 aliphatic carbocycles. The molecule has 0 aromatic carbocycles. The number of aryl methyl sites for hydroxylation is 2. The molecule has 1 aromatic heterocycles. The number of nitrogens with two attached hydrogens (primary N) is 1. The van der Waals surface area contributed by atoms with Crippen LogP contribution in [-0.4, -0.2) is 34.8 Å². The minimum absolute atomic E-state index is 0.118. The second-order valence-electron chi connectivity index (χ2n) is 5.30. The van der Waals surface area contributed by atoms with Crippen molar-refractivity contribution in [2.45, 2.75) is 39.8 Å². The van der Waals surface area contributed by atoms with Gasteiger partial charge in [-0.25, -0.2) is 0 Å². The lowest BCUT2D eigenvalue weighted by Gasteiger charge is -2.25. The van der Waals surface area contributed by atoms with Crippen LogP contribution in [0.4, 0.5) is 0 Å². The maximum absolute atomic E-state index is 12.6. The van der Waals surface area contributed by atoms with Gasteiger partial charge in [0.2, 0.25) is 0 Å². The molecule has 1 aliphatic heterocycles. The summed E-state index contributed by atoms with van der Waals surface area (Å²) in [4.78, 5) is 12.6. The fraction of sp³-hybridized carbons (Fsp3) is 0.692. The van der Waals surface area contributed by atoms with E-state index in [1.54, 1.807) is 0 Å². The number of carbonyl (C=O) groups is 1. The zero-order valence-electron chi connectivity index (χ0n) is 11.6. The second kappa shape index (κ2) is 5.34. The Kier molecular flexibility index (Phi) is 4.13. The standard InChI is InChI=1S/C13H20BrN3O2/c1-4-17-9(12(14)8(2)16-17)5-11(18)13(3)7-19-6-10(13)15/h10H,4-7,15H2,1-3H3. The molecule has 6 heteroatoms. The lowest BCUT2D eigenvalue weighted by Crippen LogP contribution is -2.45. The zero-order chi connectivity index (χ0) is 14.2. The van der Waals surface area contributed by atoms with Gasteiger partial charge in [0.05, 0.1) is 40.9 Å². The first-order valence-corrected chi connectivity index (χ1v) is 7.27. The van der Waals surface area contributed by atoms with E-state index in [4.69, 9.17) is 10.5 Å². The molecule has 2 rings (SSSR count). The molecule has 5 nitrogen and oxygen atoms in total. The van der Waals surface area contributed by atoms with Crippen molar-refractivity contribution >= 4 is 21.7 Å². The summed E-state index contributed by atoms with van der Waals surface area (Å²) >= 11 is 3.51. The number of hydrogen-bond acceptors (Lipinski definition) is 4. The van der Waals surface area contributed by atoms with Gasteiger partial charge in [0.25, 0.3) is 0 Å². The van der Waals surface area contributed by atoms with Gasteiger partial charge in [-0.3, -0.25) is 9.48 Å². The van der Waals surface area contributed by atoms with Crippen molar-refractivity contribution in [3.8, 4) is 0 Å². The number of ketones is 1. The van der Waals surface area contributed by atoms with Crippen molar-refractivity contribution in [1.29, 1.82) is 0 Å². The highest BCUT2D eigenvalue weighted by Crippen LogP contribution is 2.31. The van der Waals surface area contributed by atoms with Gasteiger partial charge in [-0.2, -0.15) is 5.10 Å². The third-order valence-electron chi connectivity index (χ3n) is 3.94. The molecule has 2 atom stereocenters. The average molecular weight is 330 g/mol. The lowest BCUT2D eigenvalue weighted by molar-refractivity contribution is -0.127. The molecule has 0 amide bonds. The molecule has 2 heterocycles. The summed E-state index contributed by atoms with van der Waals surface area (Å²) < 4.78 is 8.12. The summed E-state index contributed by atoms with van der Waals surface area (Å²) in [5, 5.41) is 4.41. The molecular formula is C13H20BrN3O2. The second-order valence-corrected chi connectivity index (χ2v) is 6.09. The van der Waals surface area contributed by atoms with Crippen molar-refractivity contribution in [2.75, 3.05) is 13.2 Å². The zero-order valence-corrected chi connectivity index (χ0v) is 13.2. The molecule has 1 saturated heterocycles. The highest BCUT2D eigenvalue weighted by atomic mass is 79.9. The fourth-order valence-corrected chi connectivity index (χ4v) is 2.79. The molecule has 0 spiro atoms. The van der Waals surface area contributed by atoms with Crippen LogP contribution in [0.25, 0.3) is 0 Å². The number of carbonyl (C=O) groups excluding carboxylic acids is 1. The van der Waals surface area contributed by atoms with Crippen LogP contribution in [-0.2, 0) is 22.5 Å².